The highest BCUT2D eigenvalue weighted by Crippen LogP contribution is 2.35. The van der Waals surface area contributed by atoms with Crippen molar-refractivity contribution in [3.05, 3.63) is 11.8 Å². The van der Waals surface area contributed by atoms with Gasteiger partial charge in [0, 0.05) is 13.1 Å². The van der Waals surface area contributed by atoms with Gasteiger partial charge >= 0.3 is 12.1 Å². The van der Waals surface area contributed by atoms with E-state index in [4.69, 9.17) is 5.11 Å². The molecule has 0 bridgehead atoms. The maximum Gasteiger partial charge on any atom is 0.391 e. The third kappa shape index (κ3) is 3.02. The predicted molar refractivity (Wildman–Crippen MR) is 63.1 cm³/mol. The van der Waals surface area contributed by atoms with Crippen molar-refractivity contribution in [2.45, 2.75) is 24.0 Å². The van der Waals surface area contributed by atoms with Crippen molar-refractivity contribution in [3.8, 4) is 0 Å². The number of nitrogens with zero attached hydrogens (tertiary/aromatic N) is 2. The molecule has 0 atom stereocenters. The molecular weight excluding hydrogens is 315 g/mol. The third-order valence-corrected chi connectivity index (χ3v) is 5.22. The molecule has 2 heterocycles. The Morgan fingerprint density at radius 2 is 1.95 bits per heavy atom. The van der Waals surface area contributed by atoms with Gasteiger partial charge in [-0.3, -0.25) is 5.10 Å². The normalized spacial score (nSPS) is 18.8. The first-order chi connectivity index (χ1) is 9.64. The molecule has 118 valence electrons. The van der Waals surface area contributed by atoms with E-state index >= 15 is 0 Å². The van der Waals surface area contributed by atoms with Crippen LogP contribution in [0, 0.1) is 5.92 Å². The van der Waals surface area contributed by atoms with Crippen molar-refractivity contribution in [2.75, 3.05) is 13.1 Å². The molecule has 2 N–H and O–H groups in total. The Balaban J connectivity index is 2.19. The van der Waals surface area contributed by atoms with E-state index in [1.54, 1.807) is 0 Å². The number of carboxylic acid groups (broad SMARTS) is 1. The quantitative estimate of drug-likeness (QED) is 0.864. The van der Waals surface area contributed by atoms with Gasteiger partial charge in [-0.15, -0.1) is 0 Å². The largest absolute Gasteiger partial charge is 0.478 e. The number of sulfonamides is 1. The molecule has 0 amide bonds. The van der Waals surface area contributed by atoms with Gasteiger partial charge in [0.2, 0.25) is 0 Å². The zero-order valence-electron chi connectivity index (χ0n) is 10.6. The Bertz CT molecular complexity index is 632. The first kappa shape index (κ1) is 15.8. The van der Waals surface area contributed by atoms with Crippen LogP contribution in [0.1, 0.15) is 23.2 Å². The summed E-state index contributed by atoms with van der Waals surface area (Å²) in [6.07, 6.45) is -4.20. The number of nitrogens with one attached hydrogen (secondary N) is 1. The van der Waals surface area contributed by atoms with Crippen LogP contribution in [0.2, 0.25) is 0 Å². The van der Waals surface area contributed by atoms with Gasteiger partial charge in [0.05, 0.1) is 12.1 Å². The van der Waals surface area contributed by atoms with Crippen LogP contribution in [0.5, 0.6) is 0 Å². The number of hydrogen-bond donors (Lipinski definition) is 2. The van der Waals surface area contributed by atoms with Crippen LogP contribution >= 0.6 is 0 Å². The summed E-state index contributed by atoms with van der Waals surface area (Å²) in [5.74, 6) is -3.02. The van der Waals surface area contributed by atoms with E-state index < -0.39 is 38.7 Å². The number of piperidine rings is 1. The molecular formula is C10H12F3N3O4S. The second kappa shape index (κ2) is 5.30. The molecule has 0 aliphatic carbocycles. The molecule has 0 aromatic carbocycles. The molecule has 1 saturated heterocycles. The number of rotatable bonds is 3. The average Bonchev–Trinajstić information content (AvgIpc) is 2.88. The number of aromatic nitrogens is 2. The maximum absolute atomic E-state index is 12.5. The monoisotopic (exact) mass is 327 g/mol. The molecule has 1 aliphatic rings. The summed E-state index contributed by atoms with van der Waals surface area (Å²) >= 11 is 0. The van der Waals surface area contributed by atoms with Crippen molar-refractivity contribution in [1.29, 1.82) is 0 Å². The van der Waals surface area contributed by atoms with Gasteiger partial charge in [-0.05, 0) is 12.8 Å². The first-order valence-corrected chi connectivity index (χ1v) is 7.41. The Labute approximate surface area is 117 Å². The molecule has 0 saturated carbocycles. The predicted octanol–water partition coefficient (Wildman–Crippen LogP) is 1.07. The molecule has 1 aromatic heterocycles. The van der Waals surface area contributed by atoms with Crippen LogP contribution in [0.4, 0.5) is 13.2 Å². The summed E-state index contributed by atoms with van der Waals surface area (Å²) in [4.78, 5) is 10.9. The van der Waals surface area contributed by atoms with E-state index in [1.165, 1.54) is 0 Å². The fourth-order valence-corrected chi connectivity index (χ4v) is 3.71. The van der Waals surface area contributed by atoms with E-state index in [2.05, 4.69) is 10.2 Å². The number of halogens is 3. The summed E-state index contributed by atoms with van der Waals surface area (Å²) in [6, 6.07) is 0. The summed E-state index contributed by atoms with van der Waals surface area (Å²) in [5.41, 5.74) is -0.534. The number of H-pyrrole nitrogens is 1. The number of aromatic carboxylic acids is 1. The molecule has 1 fully saturated rings. The smallest absolute Gasteiger partial charge is 0.391 e. The van der Waals surface area contributed by atoms with E-state index in [-0.39, 0.29) is 25.9 Å². The molecule has 21 heavy (non-hydrogen) atoms. The van der Waals surface area contributed by atoms with Crippen LogP contribution in [0.25, 0.3) is 0 Å². The van der Waals surface area contributed by atoms with E-state index in [9.17, 15) is 26.4 Å². The van der Waals surface area contributed by atoms with Gasteiger partial charge in [-0.25, -0.2) is 13.2 Å². The molecule has 2 rings (SSSR count). The van der Waals surface area contributed by atoms with Gasteiger partial charge in [-0.1, -0.05) is 0 Å². The summed E-state index contributed by atoms with van der Waals surface area (Å²) in [6.45, 7) is -0.630. The van der Waals surface area contributed by atoms with Gasteiger partial charge < -0.3 is 5.11 Å². The van der Waals surface area contributed by atoms with Crippen molar-refractivity contribution in [1.82, 2.24) is 14.5 Å². The lowest BCUT2D eigenvalue weighted by Gasteiger charge is -2.31. The lowest BCUT2D eigenvalue weighted by Crippen LogP contribution is -2.42. The number of hydrogen-bond acceptors (Lipinski definition) is 4. The average molecular weight is 327 g/mol. The van der Waals surface area contributed by atoms with Crippen LogP contribution in [-0.4, -0.2) is 53.3 Å². The van der Waals surface area contributed by atoms with Gasteiger partial charge in [0.15, 0.2) is 5.03 Å². The lowest BCUT2D eigenvalue weighted by molar-refractivity contribution is -0.182. The Morgan fingerprint density at radius 3 is 2.43 bits per heavy atom. The Kier molecular flexibility index (Phi) is 3.97. The third-order valence-electron chi connectivity index (χ3n) is 3.35. The van der Waals surface area contributed by atoms with E-state index in [1.807, 2.05) is 0 Å². The zero-order chi connectivity index (χ0) is 15.8. The first-order valence-electron chi connectivity index (χ1n) is 5.97. The van der Waals surface area contributed by atoms with Gasteiger partial charge in [0.25, 0.3) is 10.0 Å². The number of aromatic amines is 1. The van der Waals surface area contributed by atoms with Crippen LogP contribution in [0.15, 0.2) is 11.2 Å². The number of carboxylic acids is 1. The van der Waals surface area contributed by atoms with Crippen LogP contribution in [-0.2, 0) is 10.0 Å². The summed E-state index contributed by atoms with van der Waals surface area (Å²) in [5, 5.41) is 13.7. The van der Waals surface area contributed by atoms with Crippen molar-refractivity contribution < 1.29 is 31.5 Å². The van der Waals surface area contributed by atoms with E-state index in [0.29, 0.717) is 0 Å². The standard InChI is InChI=1S/C10H12F3N3O4S/c11-10(12,13)6-1-3-16(4-2-6)21(19,20)8-7(9(17)18)5-14-15-8/h5-6H,1-4H2,(H,14,15)(H,17,18). The fourth-order valence-electron chi connectivity index (χ4n) is 2.18. The zero-order valence-corrected chi connectivity index (χ0v) is 11.4. The highest BCUT2D eigenvalue weighted by molar-refractivity contribution is 7.89. The Hall–Kier alpha value is -1.62. The summed E-state index contributed by atoms with van der Waals surface area (Å²) < 4.78 is 63.0. The minimum Gasteiger partial charge on any atom is -0.478 e. The van der Waals surface area contributed by atoms with E-state index in [0.717, 1.165) is 10.5 Å². The number of alkyl halides is 3. The van der Waals surface area contributed by atoms with Crippen molar-refractivity contribution in [3.63, 3.8) is 0 Å². The topological polar surface area (TPSA) is 103 Å². The van der Waals surface area contributed by atoms with Crippen molar-refractivity contribution in [2.24, 2.45) is 5.92 Å². The van der Waals surface area contributed by atoms with Gasteiger partial charge in [-0.2, -0.15) is 22.6 Å². The lowest BCUT2D eigenvalue weighted by atomic mass is 9.98. The Morgan fingerprint density at radius 1 is 1.38 bits per heavy atom. The number of carbonyl (C=O) groups is 1. The minimum atomic E-state index is -4.35. The SMILES string of the molecule is O=C(O)c1cn[nH]c1S(=O)(=O)N1CCC(C(F)(F)F)CC1. The highest BCUT2D eigenvalue weighted by Gasteiger charge is 2.43. The van der Waals surface area contributed by atoms with Gasteiger partial charge in [0.1, 0.15) is 5.56 Å². The molecule has 11 heteroatoms. The van der Waals surface area contributed by atoms with Crippen molar-refractivity contribution >= 4 is 16.0 Å². The molecule has 1 aliphatic heterocycles. The second-order valence-corrected chi connectivity index (χ2v) is 6.51. The molecule has 0 radical (unpaired) electrons. The van der Waals surface area contributed by atoms with Crippen LogP contribution < -0.4 is 0 Å². The fraction of sp³-hybridized carbons (Fsp3) is 0.600. The second-order valence-electron chi connectivity index (χ2n) is 4.64. The highest BCUT2D eigenvalue weighted by atomic mass is 32.2. The molecule has 7 nitrogen and oxygen atoms in total. The molecule has 1 aromatic rings. The molecule has 0 unspecified atom stereocenters. The summed E-state index contributed by atoms with van der Waals surface area (Å²) in [7, 11) is -4.20. The maximum atomic E-state index is 12.5. The molecule has 0 spiro atoms. The minimum absolute atomic E-state index is 0.315. The van der Waals surface area contributed by atoms with Crippen LogP contribution in [0.3, 0.4) is 0 Å².